The second kappa shape index (κ2) is 6.30. The molecule has 3 N–H and O–H groups in total. The van der Waals surface area contributed by atoms with Crippen LogP contribution in [0.5, 0.6) is 0 Å². The summed E-state index contributed by atoms with van der Waals surface area (Å²) >= 11 is 0. The number of sulfonamides is 1. The lowest BCUT2D eigenvalue weighted by molar-refractivity contribution is 0.590. The maximum absolute atomic E-state index is 10.8. The Morgan fingerprint density at radius 2 is 2.05 bits per heavy atom. The summed E-state index contributed by atoms with van der Waals surface area (Å²) in [6.07, 6.45) is 0.521. The maximum Gasteiger partial charge on any atom is 0.209 e. The predicted molar refractivity (Wildman–Crippen MR) is 80.8 cm³/mol. The van der Waals surface area contributed by atoms with E-state index in [4.69, 9.17) is 5.14 Å². The molecule has 1 aromatic heterocycles. The molecule has 0 saturated carbocycles. The molecule has 108 valence electrons. The Kier molecular flexibility index (Phi) is 4.69. The number of primary sulfonamides is 1. The van der Waals surface area contributed by atoms with Gasteiger partial charge in [-0.3, -0.25) is 4.98 Å². The van der Waals surface area contributed by atoms with E-state index in [0.717, 1.165) is 22.2 Å². The molecule has 0 bridgehead atoms. The first-order valence-electron chi connectivity index (χ1n) is 6.51. The molecule has 0 radical (unpaired) electrons. The van der Waals surface area contributed by atoms with Crippen molar-refractivity contribution in [1.82, 2.24) is 10.3 Å². The Labute approximate surface area is 119 Å². The largest absolute Gasteiger partial charge is 0.313 e. The molecule has 0 saturated heterocycles. The Morgan fingerprint density at radius 1 is 1.25 bits per heavy atom. The number of pyridine rings is 1. The van der Waals surface area contributed by atoms with Crippen molar-refractivity contribution < 1.29 is 8.42 Å². The number of hydrogen-bond donors (Lipinski definition) is 2. The van der Waals surface area contributed by atoms with Crippen LogP contribution >= 0.6 is 0 Å². The molecule has 0 aliphatic heterocycles. The minimum atomic E-state index is -3.35. The highest BCUT2D eigenvalue weighted by atomic mass is 32.2. The van der Waals surface area contributed by atoms with Crippen molar-refractivity contribution in [1.29, 1.82) is 0 Å². The zero-order chi connectivity index (χ0) is 14.6. The van der Waals surface area contributed by atoms with Crippen molar-refractivity contribution in [3.63, 3.8) is 0 Å². The van der Waals surface area contributed by atoms with Crippen molar-refractivity contribution in [2.24, 2.45) is 5.14 Å². The third kappa shape index (κ3) is 4.56. The molecule has 0 spiro atoms. The third-order valence-corrected chi connectivity index (χ3v) is 3.86. The molecule has 0 atom stereocenters. The summed E-state index contributed by atoms with van der Waals surface area (Å²) in [5, 5.41) is 9.26. The number of benzene rings is 1. The molecule has 5 nitrogen and oxygen atoms in total. The van der Waals surface area contributed by atoms with E-state index in [2.05, 4.69) is 22.4 Å². The van der Waals surface area contributed by atoms with Gasteiger partial charge in [0.1, 0.15) is 0 Å². The van der Waals surface area contributed by atoms with Crippen molar-refractivity contribution in [3.05, 3.63) is 41.6 Å². The zero-order valence-electron chi connectivity index (χ0n) is 11.5. The zero-order valence-corrected chi connectivity index (χ0v) is 12.3. The molecule has 0 unspecified atom stereocenters. The van der Waals surface area contributed by atoms with Gasteiger partial charge < -0.3 is 5.32 Å². The van der Waals surface area contributed by atoms with Crippen LogP contribution in [0.1, 0.15) is 17.7 Å². The number of aromatic nitrogens is 1. The number of nitrogens with two attached hydrogens (primary N) is 1. The number of hydrogen-bond acceptors (Lipinski definition) is 4. The van der Waals surface area contributed by atoms with Gasteiger partial charge in [-0.25, -0.2) is 13.6 Å². The van der Waals surface area contributed by atoms with Crippen molar-refractivity contribution in [3.8, 4) is 0 Å². The maximum atomic E-state index is 10.8. The minimum absolute atomic E-state index is 0.0148. The van der Waals surface area contributed by atoms with E-state index in [1.54, 1.807) is 0 Å². The van der Waals surface area contributed by atoms with Crippen LogP contribution in [-0.4, -0.2) is 25.7 Å². The molecule has 0 amide bonds. The summed E-state index contributed by atoms with van der Waals surface area (Å²) < 4.78 is 21.6. The van der Waals surface area contributed by atoms with Crippen LogP contribution < -0.4 is 10.5 Å². The van der Waals surface area contributed by atoms with Crippen LogP contribution in [0.25, 0.3) is 10.9 Å². The molecular formula is C14H19N3O2S. The fourth-order valence-corrected chi connectivity index (χ4v) is 2.56. The number of nitrogens with zero attached hydrogens (tertiary/aromatic N) is 1. The first kappa shape index (κ1) is 14.9. The van der Waals surface area contributed by atoms with E-state index in [0.29, 0.717) is 19.5 Å². The highest BCUT2D eigenvalue weighted by molar-refractivity contribution is 7.89. The van der Waals surface area contributed by atoms with Crippen LogP contribution in [0.2, 0.25) is 0 Å². The van der Waals surface area contributed by atoms with Crippen molar-refractivity contribution in [2.45, 2.75) is 19.9 Å². The van der Waals surface area contributed by atoms with Crippen LogP contribution in [0.4, 0.5) is 0 Å². The normalized spacial score (nSPS) is 11.9. The van der Waals surface area contributed by atoms with Gasteiger partial charge in [0.25, 0.3) is 0 Å². The fourth-order valence-electron chi connectivity index (χ4n) is 2.02. The molecule has 2 aromatic rings. The molecular weight excluding hydrogens is 274 g/mol. The standard InChI is InChI=1S/C14H19N3O2S/c1-11-3-5-13-9-12(4-6-14(13)17-11)10-16-7-2-8-20(15,18)19/h3-6,9,16H,2,7-8,10H2,1H3,(H2,15,18,19). The van der Waals surface area contributed by atoms with Gasteiger partial charge in [0.2, 0.25) is 10.0 Å². The van der Waals surface area contributed by atoms with Crippen LogP contribution in [0.3, 0.4) is 0 Å². The first-order chi connectivity index (χ1) is 9.44. The second-order valence-corrected chi connectivity index (χ2v) is 6.61. The lowest BCUT2D eigenvalue weighted by Gasteiger charge is -2.06. The van der Waals surface area contributed by atoms with Crippen molar-refractivity contribution in [2.75, 3.05) is 12.3 Å². The molecule has 2 rings (SSSR count). The first-order valence-corrected chi connectivity index (χ1v) is 8.23. The summed E-state index contributed by atoms with van der Waals surface area (Å²) in [4.78, 5) is 4.45. The average molecular weight is 293 g/mol. The van der Waals surface area contributed by atoms with E-state index in [1.165, 1.54) is 0 Å². The quantitative estimate of drug-likeness (QED) is 0.786. The smallest absolute Gasteiger partial charge is 0.209 e. The molecule has 6 heteroatoms. The van der Waals surface area contributed by atoms with Gasteiger partial charge in [-0.1, -0.05) is 12.1 Å². The second-order valence-electron chi connectivity index (χ2n) is 4.88. The van der Waals surface area contributed by atoms with Gasteiger partial charge in [-0.15, -0.1) is 0 Å². The van der Waals surface area contributed by atoms with Gasteiger partial charge in [-0.05, 0) is 43.7 Å². The van der Waals surface area contributed by atoms with Gasteiger partial charge in [-0.2, -0.15) is 0 Å². The predicted octanol–water partition coefficient (Wildman–Crippen LogP) is 1.31. The SMILES string of the molecule is Cc1ccc2cc(CNCCCS(N)(=O)=O)ccc2n1. The highest BCUT2D eigenvalue weighted by Gasteiger charge is 2.02. The summed E-state index contributed by atoms with van der Waals surface area (Å²) in [5.74, 6) is 0.0148. The van der Waals surface area contributed by atoms with Crippen LogP contribution in [0, 0.1) is 6.92 Å². The number of aryl methyl sites for hydroxylation is 1. The average Bonchev–Trinajstić information content (AvgIpc) is 2.37. The topological polar surface area (TPSA) is 85.1 Å². The van der Waals surface area contributed by atoms with Crippen LogP contribution in [-0.2, 0) is 16.6 Å². The van der Waals surface area contributed by atoms with Gasteiger partial charge in [0.15, 0.2) is 0 Å². The number of rotatable bonds is 6. The Hall–Kier alpha value is -1.50. The summed E-state index contributed by atoms with van der Waals surface area (Å²) in [6.45, 7) is 3.30. The van der Waals surface area contributed by atoms with Crippen LogP contribution in [0.15, 0.2) is 30.3 Å². The van der Waals surface area contributed by atoms with E-state index < -0.39 is 10.0 Å². The monoisotopic (exact) mass is 293 g/mol. The molecule has 0 aliphatic rings. The minimum Gasteiger partial charge on any atom is -0.313 e. The Balaban J connectivity index is 1.89. The molecule has 1 heterocycles. The Bertz CT molecular complexity index is 699. The summed E-state index contributed by atoms with van der Waals surface area (Å²) in [5.41, 5.74) is 3.15. The van der Waals surface area contributed by atoms with Crippen molar-refractivity contribution >= 4 is 20.9 Å². The molecule has 0 fully saturated rings. The molecule has 1 aromatic carbocycles. The van der Waals surface area contributed by atoms with E-state index in [-0.39, 0.29) is 5.75 Å². The fraction of sp³-hybridized carbons (Fsp3) is 0.357. The third-order valence-electron chi connectivity index (χ3n) is 3.00. The van der Waals surface area contributed by atoms with E-state index >= 15 is 0 Å². The number of nitrogens with one attached hydrogen (secondary N) is 1. The molecule has 0 aliphatic carbocycles. The van der Waals surface area contributed by atoms with Gasteiger partial charge in [0.05, 0.1) is 11.3 Å². The lowest BCUT2D eigenvalue weighted by atomic mass is 10.1. The lowest BCUT2D eigenvalue weighted by Crippen LogP contribution is -2.22. The van der Waals surface area contributed by atoms with Gasteiger partial charge >= 0.3 is 0 Å². The highest BCUT2D eigenvalue weighted by Crippen LogP contribution is 2.14. The van der Waals surface area contributed by atoms with E-state index in [1.807, 2.05) is 25.1 Å². The summed E-state index contributed by atoms with van der Waals surface area (Å²) in [7, 11) is -3.35. The number of fused-ring (bicyclic) bond motifs is 1. The van der Waals surface area contributed by atoms with Gasteiger partial charge in [0, 0.05) is 17.6 Å². The Morgan fingerprint density at radius 3 is 2.80 bits per heavy atom. The van der Waals surface area contributed by atoms with E-state index in [9.17, 15) is 8.42 Å². The molecule has 20 heavy (non-hydrogen) atoms. The summed E-state index contributed by atoms with van der Waals surface area (Å²) in [6, 6.07) is 10.2.